The SMILES string of the molecule is CN1C(=S)NC(c2cccc(OCc3ccc(Cl)c(Cl)c3)c2)C2=C1CCCC2=O. The number of benzene rings is 2. The predicted octanol–water partition coefficient (Wildman–Crippen LogP) is 5.44. The van der Waals surface area contributed by atoms with E-state index in [0.717, 1.165) is 35.2 Å². The van der Waals surface area contributed by atoms with Gasteiger partial charge in [0.25, 0.3) is 0 Å². The minimum absolute atomic E-state index is 0.181. The van der Waals surface area contributed by atoms with Crippen LogP contribution < -0.4 is 10.1 Å². The van der Waals surface area contributed by atoms with E-state index in [1.807, 2.05) is 42.3 Å². The van der Waals surface area contributed by atoms with Gasteiger partial charge in [0.2, 0.25) is 0 Å². The zero-order chi connectivity index (χ0) is 20.5. The molecule has 0 amide bonds. The summed E-state index contributed by atoms with van der Waals surface area (Å²) < 4.78 is 5.96. The summed E-state index contributed by atoms with van der Waals surface area (Å²) in [7, 11) is 1.91. The molecule has 1 atom stereocenters. The fraction of sp³-hybridized carbons (Fsp3) is 0.273. The number of carbonyl (C=O) groups excluding carboxylic acids is 1. The van der Waals surface area contributed by atoms with Crippen LogP contribution in [0.4, 0.5) is 0 Å². The van der Waals surface area contributed by atoms with E-state index in [2.05, 4.69) is 5.32 Å². The number of nitrogens with zero attached hydrogens (tertiary/aromatic N) is 1. The molecule has 150 valence electrons. The second kappa shape index (κ2) is 8.34. The average Bonchev–Trinajstić information content (AvgIpc) is 2.72. The Hall–Kier alpha value is -2.08. The molecule has 2 aromatic carbocycles. The Morgan fingerprint density at radius 3 is 2.79 bits per heavy atom. The highest BCUT2D eigenvalue weighted by Crippen LogP contribution is 2.37. The van der Waals surface area contributed by atoms with Gasteiger partial charge in [0.05, 0.1) is 16.1 Å². The van der Waals surface area contributed by atoms with Gasteiger partial charge >= 0.3 is 0 Å². The Balaban J connectivity index is 1.59. The Kier molecular flexibility index (Phi) is 5.81. The lowest BCUT2D eigenvalue weighted by molar-refractivity contribution is -0.116. The molecule has 2 aliphatic rings. The van der Waals surface area contributed by atoms with E-state index >= 15 is 0 Å². The molecule has 1 aliphatic carbocycles. The molecule has 1 N–H and O–H groups in total. The number of ether oxygens (including phenoxy) is 1. The third-order valence-corrected chi connectivity index (χ3v) is 6.41. The second-order valence-electron chi connectivity index (χ2n) is 7.19. The minimum Gasteiger partial charge on any atom is -0.489 e. The van der Waals surface area contributed by atoms with Crippen LogP contribution in [-0.4, -0.2) is 22.8 Å². The fourth-order valence-electron chi connectivity index (χ4n) is 3.77. The molecule has 0 aromatic heterocycles. The monoisotopic (exact) mass is 446 g/mol. The van der Waals surface area contributed by atoms with Gasteiger partial charge in [0.1, 0.15) is 12.4 Å². The topological polar surface area (TPSA) is 41.6 Å². The number of allylic oxidation sites excluding steroid dienone is 1. The first-order valence-corrected chi connectivity index (χ1v) is 10.6. The molecule has 0 fully saturated rings. The first-order chi connectivity index (χ1) is 13.9. The average molecular weight is 447 g/mol. The molecule has 0 bridgehead atoms. The van der Waals surface area contributed by atoms with Gasteiger partial charge in [-0.2, -0.15) is 0 Å². The molecule has 0 spiro atoms. The maximum Gasteiger partial charge on any atom is 0.173 e. The zero-order valence-electron chi connectivity index (χ0n) is 15.9. The van der Waals surface area contributed by atoms with E-state index in [4.69, 9.17) is 40.2 Å². The van der Waals surface area contributed by atoms with Crippen molar-refractivity contribution >= 4 is 46.3 Å². The van der Waals surface area contributed by atoms with Gasteiger partial charge in [-0.25, -0.2) is 0 Å². The molecule has 0 saturated carbocycles. The number of rotatable bonds is 4. The molecular formula is C22H20Cl2N2O2S. The largest absolute Gasteiger partial charge is 0.489 e. The summed E-state index contributed by atoms with van der Waals surface area (Å²) in [6.07, 6.45) is 2.30. The van der Waals surface area contributed by atoms with Crippen LogP contribution in [-0.2, 0) is 11.4 Å². The van der Waals surface area contributed by atoms with Crippen molar-refractivity contribution in [1.29, 1.82) is 0 Å². The number of hydrogen-bond donors (Lipinski definition) is 1. The summed E-state index contributed by atoms with van der Waals surface area (Å²) in [5.74, 6) is 0.894. The van der Waals surface area contributed by atoms with Crippen molar-refractivity contribution in [3.63, 3.8) is 0 Å². The van der Waals surface area contributed by atoms with E-state index in [-0.39, 0.29) is 11.8 Å². The summed E-state index contributed by atoms with van der Waals surface area (Å²) >= 11 is 17.5. The highest BCUT2D eigenvalue weighted by Gasteiger charge is 2.35. The van der Waals surface area contributed by atoms with E-state index in [1.54, 1.807) is 12.1 Å². The molecule has 1 unspecified atom stereocenters. The Bertz CT molecular complexity index is 1020. The standard InChI is InChI=1S/C22H20Cl2N2O2S/c1-26-18-6-3-7-19(27)20(18)21(25-22(26)29)14-4-2-5-15(11-14)28-12-13-8-9-16(23)17(24)10-13/h2,4-5,8-11,21H,3,6-7,12H2,1H3,(H,25,29). The van der Waals surface area contributed by atoms with Gasteiger partial charge in [-0.15, -0.1) is 0 Å². The van der Waals surface area contributed by atoms with Crippen LogP contribution in [0.3, 0.4) is 0 Å². The van der Waals surface area contributed by atoms with Gasteiger partial charge < -0.3 is 15.0 Å². The highest BCUT2D eigenvalue weighted by atomic mass is 35.5. The number of carbonyl (C=O) groups is 1. The number of hydrogen-bond acceptors (Lipinski definition) is 3. The number of ketones is 1. The number of halogens is 2. The van der Waals surface area contributed by atoms with Crippen molar-refractivity contribution < 1.29 is 9.53 Å². The summed E-state index contributed by atoms with van der Waals surface area (Å²) in [6.45, 7) is 0.368. The summed E-state index contributed by atoms with van der Waals surface area (Å²) in [5, 5.41) is 4.97. The van der Waals surface area contributed by atoms with E-state index in [1.165, 1.54) is 0 Å². The number of thiocarbonyl (C=S) groups is 1. The predicted molar refractivity (Wildman–Crippen MR) is 119 cm³/mol. The van der Waals surface area contributed by atoms with E-state index in [0.29, 0.717) is 33.9 Å². The minimum atomic E-state index is -0.255. The second-order valence-corrected chi connectivity index (χ2v) is 8.39. The van der Waals surface area contributed by atoms with Crippen LogP contribution in [0.15, 0.2) is 53.7 Å². The first-order valence-electron chi connectivity index (χ1n) is 9.41. The molecule has 29 heavy (non-hydrogen) atoms. The fourth-order valence-corrected chi connectivity index (χ4v) is 4.32. The van der Waals surface area contributed by atoms with E-state index in [9.17, 15) is 4.79 Å². The third kappa shape index (κ3) is 4.13. The van der Waals surface area contributed by atoms with Crippen LogP contribution >= 0.6 is 35.4 Å². The number of nitrogens with one attached hydrogen (secondary N) is 1. The van der Waals surface area contributed by atoms with Crippen LogP contribution in [0, 0.1) is 0 Å². The van der Waals surface area contributed by atoms with Gasteiger partial charge in [-0.1, -0.05) is 41.4 Å². The quantitative estimate of drug-likeness (QED) is 0.633. The highest BCUT2D eigenvalue weighted by molar-refractivity contribution is 7.80. The van der Waals surface area contributed by atoms with Gasteiger partial charge in [0.15, 0.2) is 10.9 Å². The van der Waals surface area contributed by atoms with Gasteiger partial charge in [-0.05, 0) is 60.5 Å². The molecular weight excluding hydrogens is 427 g/mol. The van der Waals surface area contributed by atoms with Crippen molar-refractivity contribution in [2.24, 2.45) is 0 Å². The Labute approximate surface area is 185 Å². The molecule has 4 nitrogen and oxygen atoms in total. The lowest BCUT2D eigenvalue weighted by Gasteiger charge is -2.39. The Morgan fingerprint density at radius 2 is 2.00 bits per heavy atom. The molecule has 1 heterocycles. The van der Waals surface area contributed by atoms with Crippen LogP contribution in [0.2, 0.25) is 10.0 Å². The van der Waals surface area contributed by atoms with E-state index < -0.39 is 0 Å². The molecule has 4 rings (SSSR count). The maximum absolute atomic E-state index is 12.7. The summed E-state index contributed by atoms with van der Waals surface area (Å²) in [4.78, 5) is 14.6. The van der Waals surface area contributed by atoms with Crippen molar-refractivity contribution in [2.75, 3.05) is 7.05 Å². The van der Waals surface area contributed by atoms with Crippen molar-refractivity contribution in [3.05, 3.63) is 74.9 Å². The van der Waals surface area contributed by atoms with Gasteiger partial charge in [-0.3, -0.25) is 4.79 Å². The Morgan fingerprint density at radius 1 is 1.17 bits per heavy atom. The van der Waals surface area contributed by atoms with Crippen LogP contribution in [0.1, 0.15) is 36.4 Å². The number of Topliss-reactive ketones (excluding diaryl/α,β-unsaturated/α-hetero) is 1. The molecule has 7 heteroatoms. The van der Waals surface area contributed by atoms with Gasteiger partial charge in [0, 0.05) is 24.7 Å². The normalized spacial score (nSPS) is 19.1. The summed E-state index contributed by atoms with van der Waals surface area (Å²) in [6, 6.07) is 12.9. The van der Waals surface area contributed by atoms with Crippen LogP contribution in [0.5, 0.6) is 5.75 Å². The zero-order valence-corrected chi connectivity index (χ0v) is 18.2. The molecule has 0 radical (unpaired) electrons. The molecule has 1 aliphatic heterocycles. The smallest absolute Gasteiger partial charge is 0.173 e. The maximum atomic E-state index is 12.7. The van der Waals surface area contributed by atoms with Crippen molar-refractivity contribution in [3.8, 4) is 5.75 Å². The molecule has 2 aromatic rings. The lowest BCUT2D eigenvalue weighted by Crippen LogP contribution is -2.47. The molecule has 0 saturated heterocycles. The lowest BCUT2D eigenvalue weighted by atomic mass is 9.85. The first kappa shape index (κ1) is 20.2. The van der Waals surface area contributed by atoms with Crippen LogP contribution in [0.25, 0.3) is 0 Å². The third-order valence-electron chi connectivity index (χ3n) is 5.28. The van der Waals surface area contributed by atoms with Crippen molar-refractivity contribution in [2.45, 2.75) is 31.9 Å². The summed E-state index contributed by atoms with van der Waals surface area (Å²) in [5.41, 5.74) is 3.72. The van der Waals surface area contributed by atoms with Crippen molar-refractivity contribution in [1.82, 2.24) is 10.2 Å².